The van der Waals surface area contributed by atoms with Crippen LogP contribution >= 0.6 is 0 Å². The van der Waals surface area contributed by atoms with Crippen molar-refractivity contribution in [1.29, 1.82) is 0 Å². The molecule has 19 heavy (non-hydrogen) atoms. The third kappa shape index (κ3) is 3.55. The second-order valence-corrected chi connectivity index (χ2v) is 4.69. The fraction of sp³-hybridized carbons (Fsp3) is 0.312. The van der Waals surface area contributed by atoms with Gasteiger partial charge in [0.15, 0.2) is 0 Å². The molecule has 0 saturated carbocycles. The second-order valence-electron chi connectivity index (χ2n) is 4.69. The number of nitrogens with zero attached hydrogens (tertiary/aromatic N) is 1. The van der Waals surface area contributed by atoms with E-state index in [1.54, 1.807) is 13.3 Å². The minimum atomic E-state index is 0.297. The Morgan fingerprint density at radius 3 is 2.63 bits per heavy atom. The molecule has 0 aliphatic rings. The molecule has 1 N–H and O–H groups in total. The zero-order valence-corrected chi connectivity index (χ0v) is 11.7. The summed E-state index contributed by atoms with van der Waals surface area (Å²) in [6, 6.07) is 12.8. The van der Waals surface area contributed by atoms with E-state index in [0.29, 0.717) is 11.9 Å². The van der Waals surface area contributed by atoms with Gasteiger partial charge < -0.3 is 10.1 Å². The Morgan fingerprint density at radius 1 is 1.21 bits per heavy atom. The summed E-state index contributed by atoms with van der Waals surface area (Å²) < 4.78 is 5.25. The van der Waals surface area contributed by atoms with Crippen LogP contribution in [-0.2, 0) is 6.54 Å². The first kappa shape index (κ1) is 13.6. The third-order valence-electron chi connectivity index (χ3n) is 3.22. The summed E-state index contributed by atoms with van der Waals surface area (Å²) in [6.07, 6.45) is 1.74. The van der Waals surface area contributed by atoms with E-state index in [2.05, 4.69) is 48.4 Å². The van der Waals surface area contributed by atoms with Gasteiger partial charge in [0.1, 0.15) is 0 Å². The smallest absolute Gasteiger partial charge is 0.217 e. The van der Waals surface area contributed by atoms with Crippen LogP contribution in [0.15, 0.2) is 42.6 Å². The maximum absolute atomic E-state index is 5.25. The molecule has 1 heterocycles. The Morgan fingerprint density at radius 2 is 1.95 bits per heavy atom. The lowest BCUT2D eigenvalue weighted by Crippen LogP contribution is -2.18. The number of hydrogen-bond acceptors (Lipinski definition) is 3. The predicted octanol–water partition coefficient (Wildman–Crippen LogP) is 3.25. The summed E-state index contributed by atoms with van der Waals surface area (Å²) in [4.78, 5) is 4.20. The van der Waals surface area contributed by atoms with E-state index in [-0.39, 0.29) is 0 Å². The quantitative estimate of drug-likeness (QED) is 0.891. The van der Waals surface area contributed by atoms with Gasteiger partial charge in [-0.05, 0) is 25.5 Å². The third-order valence-corrected chi connectivity index (χ3v) is 3.22. The first-order valence-corrected chi connectivity index (χ1v) is 6.48. The number of hydrogen-bond donors (Lipinski definition) is 1. The maximum atomic E-state index is 5.25. The van der Waals surface area contributed by atoms with Crippen LogP contribution in [0, 0.1) is 6.92 Å². The van der Waals surface area contributed by atoms with Crippen LogP contribution in [0.4, 0.5) is 0 Å². The van der Waals surface area contributed by atoms with Crippen LogP contribution in [0.2, 0.25) is 0 Å². The zero-order valence-electron chi connectivity index (χ0n) is 11.7. The predicted molar refractivity (Wildman–Crippen MR) is 77.2 cm³/mol. The largest absolute Gasteiger partial charge is 0.481 e. The van der Waals surface area contributed by atoms with Crippen LogP contribution < -0.4 is 10.1 Å². The molecular weight excluding hydrogens is 236 g/mol. The molecule has 0 saturated heterocycles. The van der Waals surface area contributed by atoms with Crippen molar-refractivity contribution in [3.05, 3.63) is 59.3 Å². The Hall–Kier alpha value is -1.87. The van der Waals surface area contributed by atoms with E-state index >= 15 is 0 Å². The van der Waals surface area contributed by atoms with E-state index in [9.17, 15) is 0 Å². The second kappa shape index (κ2) is 6.34. The molecule has 2 aromatic rings. The minimum absolute atomic E-state index is 0.297. The summed E-state index contributed by atoms with van der Waals surface area (Å²) in [6.45, 7) is 5.00. The summed E-state index contributed by atoms with van der Waals surface area (Å²) >= 11 is 0. The van der Waals surface area contributed by atoms with Crippen LogP contribution in [0.1, 0.15) is 29.7 Å². The van der Waals surface area contributed by atoms with Gasteiger partial charge in [-0.2, -0.15) is 0 Å². The molecule has 1 atom stereocenters. The van der Waals surface area contributed by atoms with Gasteiger partial charge in [-0.3, -0.25) is 0 Å². The first-order valence-electron chi connectivity index (χ1n) is 6.48. The molecular formula is C16H20N2O. The molecule has 0 amide bonds. The van der Waals surface area contributed by atoms with Gasteiger partial charge in [-0.1, -0.05) is 35.9 Å². The lowest BCUT2D eigenvalue weighted by molar-refractivity contribution is 0.389. The molecule has 3 heteroatoms. The van der Waals surface area contributed by atoms with Gasteiger partial charge in [0, 0.05) is 24.3 Å². The minimum Gasteiger partial charge on any atom is -0.481 e. The standard InChI is InChI=1S/C16H20N2O/c1-12-6-8-14(9-7-12)13(2)18-11-15-5-4-10-17-16(15)19-3/h4-10,13,18H,11H2,1-3H3/t13-/m0/s1. The van der Waals surface area contributed by atoms with E-state index < -0.39 is 0 Å². The van der Waals surface area contributed by atoms with Crippen molar-refractivity contribution in [3.8, 4) is 5.88 Å². The molecule has 0 fully saturated rings. The normalized spacial score (nSPS) is 12.2. The van der Waals surface area contributed by atoms with Crippen LogP contribution in [0.5, 0.6) is 5.88 Å². The number of methoxy groups -OCH3 is 1. The Labute approximate surface area is 114 Å². The fourth-order valence-corrected chi connectivity index (χ4v) is 1.98. The molecule has 0 radical (unpaired) electrons. The number of ether oxygens (including phenoxy) is 1. The van der Waals surface area contributed by atoms with E-state index in [0.717, 1.165) is 12.1 Å². The SMILES string of the molecule is COc1ncccc1CN[C@@H](C)c1ccc(C)cc1. The van der Waals surface area contributed by atoms with E-state index in [4.69, 9.17) is 4.74 Å². The zero-order chi connectivity index (χ0) is 13.7. The van der Waals surface area contributed by atoms with Crippen molar-refractivity contribution in [2.45, 2.75) is 26.4 Å². The number of nitrogens with one attached hydrogen (secondary N) is 1. The fourth-order valence-electron chi connectivity index (χ4n) is 1.98. The summed E-state index contributed by atoms with van der Waals surface area (Å²) in [5.41, 5.74) is 3.64. The van der Waals surface area contributed by atoms with Gasteiger partial charge >= 0.3 is 0 Å². The molecule has 0 aliphatic heterocycles. The number of pyridine rings is 1. The van der Waals surface area contributed by atoms with E-state index in [1.165, 1.54) is 11.1 Å². The lowest BCUT2D eigenvalue weighted by atomic mass is 10.1. The van der Waals surface area contributed by atoms with Crippen molar-refractivity contribution >= 4 is 0 Å². The van der Waals surface area contributed by atoms with Gasteiger partial charge in [-0.25, -0.2) is 4.98 Å². The molecule has 1 aromatic carbocycles. The monoisotopic (exact) mass is 256 g/mol. The average molecular weight is 256 g/mol. The number of benzene rings is 1. The van der Waals surface area contributed by atoms with Crippen molar-refractivity contribution in [2.24, 2.45) is 0 Å². The highest BCUT2D eigenvalue weighted by atomic mass is 16.5. The van der Waals surface area contributed by atoms with Gasteiger partial charge in [0.05, 0.1) is 7.11 Å². The average Bonchev–Trinajstić information content (AvgIpc) is 2.45. The molecule has 0 unspecified atom stereocenters. The number of aryl methyl sites for hydroxylation is 1. The topological polar surface area (TPSA) is 34.1 Å². The van der Waals surface area contributed by atoms with Gasteiger partial charge in [0.2, 0.25) is 5.88 Å². The number of aromatic nitrogens is 1. The molecule has 2 rings (SSSR count). The summed E-state index contributed by atoms with van der Waals surface area (Å²) in [7, 11) is 1.65. The Kier molecular flexibility index (Phi) is 4.53. The molecule has 0 aliphatic carbocycles. The van der Waals surface area contributed by atoms with Crippen molar-refractivity contribution < 1.29 is 4.74 Å². The van der Waals surface area contributed by atoms with Crippen molar-refractivity contribution in [3.63, 3.8) is 0 Å². The Balaban J connectivity index is 2.00. The molecule has 100 valence electrons. The number of rotatable bonds is 5. The van der Waals surface area contributed by atoms with Crippen LogP contribution in [-0.4, -0.2) is 12.1 Å². The van der Waals surface area contributed by atoms with Crippen molar-refractivity contribution in [1.82, 2.24) is 10.3 Å². The highest BCUT2D eigenvalue weighted by Gasteiger charge is 2.07. The molecule has 0 spiro atoms. The van der Waals surface area contributed by atoms with Crippen molar-refractivity contribution in [2.75, 3.05) is 7.11 Å². The van der Waals surface area contributed by atoms with Crippen LogP contribution in [0.25, 0.3) is 0 Å². The molecule has 0 bridgehead atoms. The lowest BCUT2D eigenvalue weighted by Gasteiger charge is -2.15. The van der Waals surface area contributed by atoms with Gasteiger partial charge in [-0.15, -0.1) is 0 Å². The highest BCUT2D eigenvalue weighted by Crippen LogP contribution is 2.17. The summed E-state index contributed by atoms with van der Waals surface area (Å²) in [5.74, 6) is 0.686. The summed E-state index contributed by atoms with van der Waals surface area (Å²) in [5, 5.41) is 3.49. The first-order chi connectivity index (χ1) is 9.20. The van der Waals surface area contributed by atoms with Gasteiger partial charge in [0.25, 0.3) is 0 Å². The molecule has 1 aromatic heterocycles. The van der Waals surface area contributed by atoms with E-state index in [1.807, 2.05) is 12.1 Å². The maximum Gasteiger partial charge on any atom is 0.217 e. The highest BCUT2D eigenvalue weighted by molar-refractivity contribution is 5.26. The van der Waals surface area contributed by atoms with Crippen LogP contribution in [0.3, 0.4) is 0 Å². The Bertz CT molecular complexity index is 523. The molecule has 3 nitrogen and oxygen atoms in total.